The number of rotatable bonds is 7. The van der Waals surface area contributed by atoms with Crippen molar-refractivity contribution in [3.05, 3.63) is 65.2 Å². The summed E-state index contributed by atoms with van der Waals surface area (Å²) >= 11 is 0. The number of hydrogen-bond donors (Lipinski definition) is 1. The van der Waals surface area contributed by atoms with Crippen molar-refractivity contribution in [3.63, 3.8) is 0 Å². The Hall–Kier alpha value is -4.07. The number of carbonyl (C=O) groups is 2. The molecule has 0 aliphatic carbocycles. The van der Waals surface area contributed by atoms with Crippen LogP contribution in [0.2, 0.25) is 0 Å². The normalized spacial score (nSPS) is 11.0. The van der Waals surface area contributed by atoms with E-state index >= 15 is 0 Å². The summed E-state index contributed by atoms with van der Waals surface area (Å²) in [6.07, 6.45) is 1.11. The maximum atomic E-state index is 12.1. The topological polar surface area (TPSA) is 97.6 Å². The molecule has 7 nitrogen and oxygen atoms in total. The first-order valence-corrected chi connectivity index (χ1v) is 8.01. The van der Waals surface area contributed by atoms with Gasteiger partial charge in [-0.1, -0.05) is 12.1 Å². The molecule has 0 bridgehead atoms. The first-order valence-electron chi connectivity index (χ1n) is 8.01. The van der Waals surface area contributed by atoms with Crippen LogP contribution >= 0.6 is 0 Å². The van der Waals surface area contributed by atoms with Crippen LogP contribution in [0.4, 0.5) is 17.6 Å². The van der Waals surface area contributed by atoms with Crippen LogP contribution in [-0.2, 0) is 9.63 Å². The predicted molar refractivity (Wildman–Crippen MR) is 93.3 cm³/mol. The van der Waals surface area contributed by atoms with E-state index in [0.717, 1.165) is 30.3 Å². The molecule has 0 saturated carbocycles. The van der Waals surface area contributed by atoms with E-state index < -0.39 is 30.7 Å². The van der Waals surface area contributed by atoms with Gasteiger partial charge in [0.1, 0.15) is 23.1 Å². The summed E-state index contributed by atoms with van der Waals surface area (Å²) < 4.78 is 56.8. The molecule has 0 radical (unpaired) electrons. The van der Waals surface area contributed by atoms with Gasteiger partial charge in [0, 0.05) is 5.56 Å². The first kappa shape index (κ1) is 22.2. The van der Waals surface area contributed by atoms with Crippen LogP contribution < -0.4 is 15.0 Å². The average molecular weight is 424 g/mol. The van der Waals surface area contributed by atoms with E-state index in [9.17, 15) is 27.2 Å². The quantitative estimate of drug-likeness (QED) is 0.315. The second-order valence-electron chi connectivity index (χ2n) is 5.34. The molecule has 2 aromatic carbocycles. The van der Waals surface area contributed by atoms with E-state index in [1.165, 1.54) is 24.3 Å². The van der Waals surface area contributed by atoms with E-state index in [2.05, 4.69) is 14.3 Å². The van der Waals surface area contributed by atoms with E-state index in [-0.39, 0.29) is 17.1 Å². The molecule has 2 aromatic rings. The lowest BCUT2D eigenvalue weighted by Gasteiger charge is -2.07. The third-order valence-electron chi connectivity index (χ3n) is 3.33. The molecule has 30 heavy (non-hydrogen) atoms. The fraction of sp³-hybridized carbons (Fsp3) is 0.105. The minimum absolute atomic E-state index is 0.0264. The van der Waals surface area contributed by atoms with Crippen molar-refractivity contribution in [2.24, 2.45) is 0 Å². The summed E-state index contributed by atoms with van der Waals surface area (Å²) in [6, 6.07) is 11.2. The minimum Gasteiger partial charge on any atom is -0.435 e. The third-order valence-corrected chi connectivity index (χ3v) is 3.33. The highest BCUT2D eigenvalue weighted by Crippen LogP contribution is 2.17. The molecule has 2 rings (SSSR count). The molecular weight excluding hydrogens is 412 g/mol. The molecule has 11 heteroatoms. The monoisotopic (exact) mass is 424 g/mol. The highest BCUT2D eigenvalue weighted by atomic mass is 19.3. The van der Waals surface area contributed by atoms with E-state index in [1.54, 1.807) is 6.07 Å². The number of nitrogens with zero attached hydrogens (tertiary/aromatic N) is 1. The minimum atomic E-state index is -3.02. The SMILES string of the molecule is N#CC(=Cc1ccc(OC(F)F)cc1)C(=O)ONC(=O)c1ccc(OC(F)F)cc1. The smallest absolute Gasteiger partial charge is 0.387 e. The van der Waals surface area contributed by atoms with Crippen LogP contribution in [-0.4, -0.2) is 25.1 Å². The molecular formula is C19H12F4N2O5. The third kappa shape index (κ3) is 6.83. The number of hydrogen-bond acceptors (Lipinski definition) is 6. The Balaban J connectivity index is 1.97. The summed E-state index contributed by atoms with van der Waals surface area (Å²) in [5.41, 5.74) is 1.61. The van der Waals surface area contributed by atoms with Gasteiger partial charge in [-0.15, -0.1) is 0 Å². The Morgan fingerprint density at radius 3 is 1.87 bits per heavy atom. The standard InChI is InChI=1S/C19H12F4N2O5/c20-18(21)28-14-5-1-11(2-6-14)9-13(10-24)17(27)30-25-16(26)12-3-7-15(8-4-12)29-19(22)23/h1-9,18-19H,(H,25,26). The van der Waals surface area contributed by atoms with Gasteiger partial charge >= 0.3 is 19.2 Å². The number of ether oxygens (including phenoxy) is 2. The molecule has 0 aromatic heterocycles. The molecule has 0 unspecified atom stereocenters. The molecule has 1 amide bonds. The number of halogens is 4. The Morgan fingerprint density at radius 2 is 1.40 bits per heavy atom. The van der Waals surface area contributed by atoms with Crippen molar-refractivity contribution in [3.8, 4) is 17.6 Å². The number of amides is 1. The highest BCUT2D eigenvalue weighted by molar-refractivity contribution is 6.00. The molecule has 0 aliphatic heterocycles. The van der Waals surface area contributed by atoms with Gasteiger partial charge < -0.3 is 14.3 Å². The van der Waals surface area contributed by atoms with Crippen LogP contribution in [0.1, 0.15) is 15.9 Å². The summed E-state index contributed by atoms with van der Waals surface area (Å²) in [5, 5.41) is 9.09. The Morgan fingerprint density at radius 1 is 0.900 bits per heavy atom. The zero-order chi connectivity index (χ0) is 22.1. The van der Waals surface area contributed by atoms with Gasteiger partial charge in [-0.2, -0.15) is 28.3 Å². The highest BCUT2D eigenvalue weighted by Gasteiger charge is 2.15. The van der Waals surface area contributed by atoms with Gasteiger partial charge in [-0.05, 0) is 48.0 Å². The van der Waals surface area contributed by atoms with E-state index in [0.29, 0.717) is 5.56 Å². The summed E-state index contributed by atoms with van der Waals surface area (Å²) in [6.45, 7) is -6.01. The maximum absolute atomic E-state index is 12.1. The lowest BCUT2D eigenvalue weighted by Crippen LogP contribution is -2.27. The van der Waals surface area contributed by atoms with Crippen molar-refractivity contribution in [1.82, 2.24) is 5.48 Å². The van der Waals surface area contributed by atoms with E-state index in [4.69, 9.17) is 5.26 Å². The Labute approximate surface area is 167 Å². The Kier molecular flexibility index (Phi) is 7.75. The largest absolute Gasteiger partial charge is 0.435 e. The fourth-order valence-electron chi connectivity index (χ4n) is 2.04. The second kappa shape index (κ2) is 10.5. The molecule has 0 atom stereocenters. The van der Waals surface area contributed by atoms with Crippen LogP contribution in [0, 0.1) is 11.3 Å². The van der Waals surface area contributed by atoms with Gasteiger partial charge in [0.15, 0.2) is 0 Å². The molecule has 0 heterocycles. The van der Waals surface area contributed by atoms with Gasteiger partial charge in [-0.25, -0.2) is 4.79 Å². The van der Waals surface area contributed by atoms with Gasteiger partial charge in [0.05, 0.1) is 0 Å². The molecule has 0 spiro atoms. The number of hydroxylamine groups is 1. The molecule has 0 aliphatic rings. The zero-order valence-corrected chi connectivity index (χ0v) is 14.9. The van der Waals surface area contributed by atoms with Gasteiger partial charge in [0.2, 0.25) is 0 Å². The number of nitriles is 1. The van der Waals surface area contributed by atoms with E-state index in [1.807, 2.05) is 5.48 Å². The number of carbonyl (C=O) groups excluding carboxylic acids is 2. The zero-order valence-electron chi connectivity index (χ0n) is 14.9. The van der Waals surface area contributed by atoms with Crippen LogP contribution in [0.15, 0.2) is 54.1 Å². The summed E-state index contributed by atoms with van der Waals surface area (Å²) in [7, 11) is 0. The molecule has 0 saturated heterocycles. The summed E-state index contributed by atoms with van der Waals surface area (Å²) in [5.74, 6) is -2.34. The number of nitrogens with one attached hydrogen (secondary N) is 1. The number of benzene rings is 2. The van der Waals surface area contributed by atoms with Crippen LogP contribution in [0.5, 0.6) is 11.5 Å². The first-order chi connectivity index (χ1) is 14.3. The van der Waals surface area contributed by atoms with Crippen molar-refractivity contribution in [2.75, 3.05) is 0 Å². The maximum Gasteiger partial charge on any atom is 0.387 e. The molecule has 0 fully saturated rings. The lowest BCUT2D eigenvalue weighted by atomic mass is 10.1. The lowest BCUT2D eigenvalue weighted by molar-refractivity contribution is -0.143. The Bertz CT molecular complexity index is 954. The second-order valence-corrected chi connectivity index (χ2v) is 5.34. The van der Waals surface area contributed by atoms with Crippen molar-refractivity contribution in [1.29, 1.82) is 5.26 Å². The van der Waals surface area contributed by atoms with Gasteiger partial charge in [0.25, 0.3) is 5.91 Å². The summed E-state index contributed by atoms with van der Waals surface area (Å²) in [4.78, 5) is 28.4. The van der Waals surface area contributed by atoms with Crippen molar-refractivity contribution >= 4 is 18.0 Å². The predicted octanol–water partition coefficient (Wildman–Crippen LogP) is 3.68. The molecule has 1 N–H and O–H groups in total. The van der Waals surface area contributed by atoms with Crippen molar-refractivity contribution < 1.29 is 41.5 Å². The average Bonchev–Trinajstić information content (AvgIpc) is 2.71. The number of alkyl halides is 4. The fourth-order valence-corrected chi connectivity index (χ4v) is 2.04. The van der Waals surface area contributed by atoms with Crippen LogP contribution in [0.3, 0.4) is 0 Å². The van der Waals surface area contributed by atoms with Crippen LogP contribution in [0.25, 0.3) is 6.08 Å². The van der Waals surface area contributed by atoms with Crippen molar-refractivity contribution in [2.45, 2.75) is 13.2 Å². The molecule has 156 valence electrons. The van der Waals surface area contributed by atoms with Gasteiger partial charge in [-0.3, -0.25) is 4.79 Å².